The van der Waals surface area contributed by atoms with Crippen molar-refractivity contribution in [3.05, 3.63) is 54.5 Å². The molecule has 2 fully saturated rings. The summed E-state index contributed by atoms with van der Waals surface area (Å²) in [5, 5.41) is 6.49. The third kappa shape index (κ3) is 3.70. The van der Waals surface area contributed by atoms with Gasteiger partial charge in [-0.1, -0.05) is 42.5 Å². The van der Waals surface area contributed by atoms with Gasteiger partial charge in [0.25, 0.3) is 0 Å². The van der Waals surface area contributed by atoms with E-state index in [1.165, 1.54) is 4.90 Å². The predicted octanol–water partition coefficient (Wildman–Crippen LogP) is 1.94. The molecule has 5 rings (SSSR count). The minimum atomic E-state index is -0.117. The van der Waals surface area contributed by atoms with Gasteiger partial charge in [-0.25, -0.2) is 4.98 Å². The van der Waals surface area contributed by atoms with E-state index in [1.807, 2.05) is 36.5 Å². The number of imidazole rings is 1. The number of imide groups is 1. The van der Waals surface area contributed by atoms with Crippen LogP contribution in [0.2, 0.25) is 0 Å². The number of hydrogen-bond acceptors (Lipinski definition) is 4. The van der Waals surface area contributed by atoms with Crippen molar-refractivity contribution in [3.63, 3.8) is 0 Å². The summed E-state index contributed by atoms with van der Waals surface area (Å²) in [4.78, 5) is 38.9. The average molecular weight is 433 g/mol. The molecule has 0 spiro atoms. The van der Waals surface area contributed by atoms with Crippen molar-refractivity contribution < 1.29 is 9.59 Å². The number of fused-ring (bicyclic) bond motifs is 5. The number of H-pyrrole nitrogens is 1. The van der Waals surface area contributed by atoms with Crippen molar-refractivity contribution >= 4 is 17.8 Å². The lowest BCUT2D eigenvalue weighted by Crippen LogP contribution is -2.39. The van der Waals surface area contributed by atoms with Crippen molar-refractivity contribution in [1.82, 2.24) is 25.5 Å². The summed E-state index contributed by atoms with van der Waals surface area (Å²) >= 11 is 0. The van der Waals surface area contributed by atoms with Crippen LogP contribution in [0.4, 0.5) is 0 Å². The first kappa shape index (κ1) is 20.5. The zero-order chi connectivity index (χ0) is 22.1. The summed E-state index contributed by atoms with van der Waals surface area (Å²) in [5.74, 6) is 1.80. The Labute approximate surface area is 187 Å². The van der Waals surface area contributed by atoms with Gasteiger partial charge in [-0.2, -0.15) is 0 Å². The molecule has 1 aromatic heterocycles. The Hall–Kier alpha value is -3.42. The highest BCUT2D eigenvalue weighted by Crippen LogP contribution is 2.52. The third-order valence-electron chi connectivity index (χ3n) is 6.77. The van der Waals surface area contributed by atoms with Gasteiger partial charge in [-0.05, 0) is 30.2 Å². The molecule has 1 saturated heterocycles. The number of carbonyl (C=O) groups is 2. The molecule has 3 N–H and O–H groups in total. The Morgan fingerprint density at radius 1 is 1.12 bits per heavy atom. The molecule has 2 bridgehead atoms. The molecule has 166 valence electrons. The van der Waals surface area contributed by atoms with Gasteiger partial charge in [0, 0.05) is 20.1 Å². The topological polar surface area (TPSA) is 102 Å². The number of likely N-dealkylation sites (tertiary alicyclic amines) is 1. The van der Waals surface area contributed by atoms with E-state index in [1.54, 1.807) is 7.05 Å². The lowest BCUT2D eigenvalue weighted by Gasteiger charge is -2.17. The monoisotopic (exact) mass is 432 g/mol. The molecule has 3 aliphatic rings. The first-order valence-electron chi connectivity index (χ1n) is 11.2. The number of allylic oxidation sites excluding steroid dienone is 2. The minimum absolute atomic E-state index is 0.0198. The second-order valence-corrected chi connectivity index (χ2v) is 8.64. The van der Waals surface area contributed by atoms with Gasteiger partial charge in [0.2, 0.25) is 11.8 Å². The van der Waals surface area contributed by atoms with Crippen LogP contribution >= 0.6 is 0 Å². The van der Waals surface area contributed by atoms with Crippen molar-refractivity contribution in [1.29, 1.82) is 0 Å². The van der Waals surface area contributed by atoms with Gasteiger partial charge in [0.05, 0.1) is 30.3 Å². The standard InChI is InChI=1S/C24H28N6O2/c1-25-24(28-14-19-27-13-18(29-19)15-6-3-2-4-7-15)26-10-5-11-30-22(31)20-16-8-9-17(12-16)21(20)23(30)32/h2-4,6-9,13,16-17,20-21H,5,10-12,14H2,1H3,(H,27,29)(H2,25,26,28). The van der Waals surface area contributed by atoms with E-state index >= 15 is 0 Å². The Balaban J connectivity index is 1.07. The van der Waals surface area contributed by atoms with Gasteiger partial charge in [0.15, 0.2) is 5.96 Å². The summed E-state index contributed by atoms with van der Waals surface area (Å²) in [6.07, 6.45) is 7.72. The van der Waals surface area contributed by atoms with Gasteiger partial charge in [-0.15, -0.1) is 0 Å². The lowest BCUT2D eigenvalue weighted by atomic mass is 9.85. The highest BCUT2D eigenvalue weighted by molar-refractivity contribution is 6.06. The van der Waals surface area contributed by atoms with Gasteiger partial charge in [0.1, 0.15) is 5.82 Å². The van der Waals surface area contributed by atoms with Crippen LogP contribution < -0.4 is 10.6 Å². The Kier molecular flexibility index (Phi) is 5.51. The van der Waals surface area contributed by atoms with E-state index in [0.717, 1.165) is 23.5 Å². The number of hydrogen-bond donors (Lipinski definition) is 3. The summed E-state index contributed by atoms with van der Waals surface area (Å²) in [5.41, 5.74) is 2.06. The van der Waals surface area contributed by atoms with E-state index in [2.05, 4.69) is 37.7 Å². The van der Waals surface area contributed by atoms with E-state index in [0.29, 0.717) is 32.0 Å². The molecule has 4 unspecified atom stereocenters. The zero-order valence-corrected chi connectivity index (χ0v) is 18.1. The summed E-state index contributed by atoms with van der Waals surface area (Å²) in [6, 6.07) is 10.1. The normalized spacial score (nSPS) is 26.2. The molecule has 2 heterocycles. The maximum atomic E-state index is 12.7. The lowest BCUT2D eigenvalue weighted by molar-refractivity contribution is -0.140. The van der Waals surface area contributed by atoms with Crippen LogP contribution in [0.3, 0.4) is 0 Å². The summed E-state index contributed by atoms with van der Waals surface area (Å²) < 4.78 is 0. The molecule has 8 nitrogen and oxygen atoms in total. The maximum absolute atomic E-state index is 12.7. The molecule has 2 amide bonds. The number of amides is 2. The Bertz CT molecular complexity index is 1030. The van der Waals surface area contributed by atoms with E-state index in [-0.39, 0.29) is 35.5 Å². The number of benzene rings is 1. The summed E-state index contributed by atoms with van der Waals surface area (Å²) in [6.45, 7) is 1.58. The number of nitrogens with zero attached hydrogens (tertiary/aromatic N) is 3. The maximum Gasteiger partial charge on any atom is 0.233 e. The number of carbonyl (C=O) groups excluding carboxylic acids is 2. The molecule has 32 heavy (non-hydrogen) atoms. The van der Waals surface area contributed by atoms with E-state index < -0.39 is 0 Å². The SMILES string of the molecule is CN=C(NCCCN1C(=O)C2C3C=CC(C3)C2C1=O)NCc1ncc(-c2ccccc2)[nH]1. The molecule has 2 aliphatic carbocycles. The summed E-state index contributed by atoms with van der Waals surface area (Å²) in [7, 11) is 1.71. The van der Waals surface area contributed by atoms with Crippen LogP contribution in [-0.2, 0) is 16.1 Å². The number of nitrogens with one attached hydrogen (secondary N) is 3. The van der Waals surface area contributed by atoms with Crippen LogP contribution in [0.1, 0.15) is 18.7 Å². The molecule has 2 aromatic rings. The van der Waals surface area contributed by atoms with Gasteiger partial charge < -0.3 is 15.6 Å². The molecular formula is C24H28N6O2. The fourth-order valence-electron chi connectivity index (χ4n) is 5.23. The highest BCUT2D eigenvalue weighted by Gasteiger charge is 2.58. The Morgan fingerprint density at radius 3 is 2.53 bits per heavy atom. The number of guanidine groups is 1. The number of aromatic nitrogens is 2. The molecule has 1 aromatic carbocycles. The smallest absolute Gasteiger partial charge is 0.233 e. The van der Waals surface area contributed by atoms with Crippen molar-refractivity contribution in [2.75, 3.05) is 20.1 Å². The molecule has 0 radical (unpaired) electrons. The first-order chi connectivity index (χ1) is 15.7. The van der Waals surface area contributed by atoms with E-state index in [4.69, 9.17) is 0 Å². The largest absolute Gasteiger partial charge is 0.356 e. The third-order valence-corrected chi connectivity index (χ3v) is 6.77. The van der Waals surface area contributed by atoms with Crippen LogP contribution in [0, 0.1) is 23.7 Å². The molecule has 1 saturated carbocycles. The van der Waals surface area contributed by atoms with E-state index in [9.17, 15) is 9.59 Å². The molecule has 4 atom stereocenters. The second-order valence-electron chi connectivity index (χ2n) is 8.64. The fourth-order valence-corrected chi connectivity index (χ4v) is 5.23. The predicted molar refractivity (Wildman–Crippen MR) is 121 cm³/mol. The first-order valence-corrected chi connectivity index (χ1v) is 11.2. The quantitative estimate of drug-likeness (QED) is 0.204. The van der Waals surface area contributed by atoms with Gasteiger partial charge in [-0.3, -0.25) is 19.5 Å². The number of rotatable bonds is 7. The van der Waals surface area contributed by atoms with Crippen LogP contribution in [0.5, 0.6) is 0 Å². The van der Waals surface area contributed by atoms with Crippen LogP contribution in [-0.4, -0.2) is 52.8 Å². The van der Waals surface area contributed by atoms with Gasteiger partial charge >= 0.3 is 0 Å². The second kappa shape index (κ2) is 8.61. The molecule has 8 heteroatoms. The fraction of sp³-hybridized carbons (Fsp3) is 0.417. The minimum Gasteiger partial charge on any atom is -0.356 e. The number of aromatic amines is 1. The molecule has 1 aliphatic heterocycles. The van der Waals surface area contributed by atoms with Crippen molar-refractivity contribution in [3.8, 4) is 11.3 Å². The zero-order valence-electron chi connectivity index (χ0n) is 18.1. The van der Waals surface area contributed by atoms with Crippen LogP contribution in [0.15, 0.2) is 53.7 Å². The average Bonchev–Trinajstić information content (AvgIpc) is 3.60. The number of aliphatic imine (C=N–C) groups is 1. The van der Waals surface area contributed by atoms with Crippen LogP contribution in [0.25, 0.3) is 11.3 Å². The molecular weight excluding hydrogens is 404 g/mol. The van der Waals surface area contributed by atoms with Crippen molar-refractivity contribution in [2.45, 2.75) is 19.4 Å². The Morgan fingerprint density at radius 2 is 1.84 bits per heavy atom. The highest BCUT2D eigenvalue weighted by atomic mass is 16.2. The van der Waals surface area contributed by atoms with Crippen molar-refractivity contribution in [2.24, 2.45) is 28.7 Å².